The van der Waals surface area contributed by atoms with Crippen molar-refractivity contribution in [3.63, 3.8) is 0 Å². The number of nitrogens with one attached hydrogen (secondary N) is 1. The van der Waals surface area contributed by atoms with Gasteiger partial charge in [0.15, 0.2) is 0 Å². The predicted molar refractivity (Wildman–Crippen MR) is 81.8 cm³/mol. The van der Waals surface area contributed by atoms with Gasteiger partial charge in [0.1, 0.15) is 5.75 Å². The number of hydrogen-bond donors (Lipinski definition) is 2. The maximum absolute atomic E-state index is 10.5. The van der Waals surface area contributed by atoms with Crippen molar-refractivity contribution in [2.45, 2.75) is 13.1 Å². The standard InChI is InChI=1S/C14H12Cl2N2O3/c15-11-5-10(14(19)13(16)6-11)8-17-7-9-1-3-12(4-2-9)18(20)21/h1-6,17,19H,7-8H2. The van der Waals surface area contributed by atoms with Crippen molar-refractivity contribution < 1.29 is 10.0 Å². The lowest BCUT2D eigenvalue weighted by Crippen LogP contribution is -2.12. The van der Waals surface area contributed by atoms with Gasteiger partial charge in [0.25, 0.3) is 5.69 Å². The zero-order chi connectivity index (χ0) is 15.4. The minimum Gasteiger partial charge on any atom is -0.506 e. The summed E-state index contributed by atoms with van der Waals surface area (Å²) in [7, 11) is 0. The van der Waals surface area contributed by atoms with Gasteiger partial charge in [-0.3, -0.25) is 10.1 Å². The molecular weight excluding hydrogens is 315 g/mol. The van der Waals surface area contributed by atoms with Crippen molar-refractivity contribution >= 4 is 28.9 Å². The number of phenols is 1. The summed E-state index contributed by atoms with van der Waals surface area (Å²) in [5.41, 5.74) is 1.54. The van der Waals surface area contributed by atoms with Crippen LogP contribution in [0.1, 0.15) is 11.1 Å². The molecule has 0 saturated heterocycles. The van der Waals surface area contributed by atoms with E-state index in [2.05, 4.69) is 5.32 Å². The number of nitrogens with zero attached hydrogens (tertiary/aromatic N) is 1. The maximum Gasteiger partial charge on any atom is 0.269 e. The fourth-order valence-electron chi connectivity index (χ4n) is 1.83. The summed E-state index contributed by atoms with van der Waals surface area (Å²) in [4.78, 5) is 10.1. The minimum atomic E-state index is -0.441. The van der Waals surface area contributed by atoms with Gasteiger partial charge < -0.3 is 10.4 Å². The topological polar surface area (TPSA) is 75.4 Å². The molecule has 0 amide bonds. The number of halogens is 2. The zero-order valence-electron chi connectivity index (χ0n) is 10.8. The number of benzene rings is 2. The normalized spacial score (nSPS) is 10.6. The van der Waals surface area contributed by atoms with Crippen LogP contribution in [0.4, 0.5) is 5.69 Å². The van der Waals surface area contributed by atoms with Gasteiger partial charge in [-0.05, 0) is 17.7 Å². The van der Waals surface area contributed by atoms with Crippen LogP contribution in [0.15, 0.2) is 36.4 Å². The molecule has 0 fully saturated rings. The first kappa shape index (κ1) is 15.6. The van der Waals surface area contributed by atoms with Crippen molar-refractivity contribution in [1.29, 1.82) is 0 Å². The summed E-state index contributed by atoms with van der Waals surface area (Å²) in [6.45, 7) is 0.880. The van der Waals surface area contributed by atoms with Crippen molar-refractivity contribution in [3.8, 4) is 5.75 Å². The van der Waals surface area contributed by atoms with Crippen molar-refractivity contribution in [1.82, 2.24) is 5.32 Å². The third-order valence-corrected chi connectivity index (χ3v) is 3.41. The van der Waals surface area contributed by atoms with E-state index in [9.17, 15) is 15.2 Å². The summed E-state index contributed by atoms with van der Waals surface area (Å²) in [6, 6.07) is 9.35. The first-order valence-corrected chi connectivity index (χ1v) is 6.84. The molecule has 7 heteroatoms. The number of aromatic hydroxyl groups is 1. The van der Waals surface area contributed by atoms with Crippen molar-refractivity contribution in [2.24, 2.45) is 0 Å². The Hall–Kier alpha value is -1.82. The lowest BCUT2D eigenvalue weighted by molar-refractivity contribution is -0.384. The molecule has 0 bridgehead atoms. The van der Waals surface area contributed by atoms with E-state index in [1.165, 1.54) is 18.2 Å². The fraction of sp³-hybridized carbons (Fsp3) is 0.143. The minimum absolute atomic E-state index is 0.00253. The van der Waals surface area contributed by atoms with E-state index in [0.29, 0.717) is 23.7 Å². The Balaban J connectivity index is 1.97. The van der Waals surface area contributed by atoms with Crippen LogP contribution in [0, 0.1) is 10.1 Å². The average molecular weight is 327 g/mol. The molecule has 21 heavy (non-hydrogen) atoms. The first-order valence-electron chi connectivity index (χ1n) is 6.08. The summed E-state index contributed by atoms with van der Waals surface area (Å²) in [6.07, 6.45) is 0. The Morgan fingerprint density at radius 1 is 1.14 bits per heavy atom. The molecule has 0 saturated carbocycles. The molecule has 0 spiro atoms. The highest BCUT2D eigenvalue weighted by Crippen LogP contribution is 2.31. The molecule has 0 radical (unpaired) electrons. The molecule has 0 aliphatic carbocycles. The molecular formula is C14H12Cl2N2O3. The summed E-state index contributed by atoms with van der Waals surface area (Å²) >= 11 is 11.7. The number of nitro benzene ring substituents is 1. The maximum atomic E-state index is 10.5. The Morgan fingerprint density at radius 3 is 2.43 bits per heavy atom. The Bertz CT molecular complexity index is 660. The number of rotatable bonds is 5. The van der Waals surface area contributed by atoms with E-state index in [-0.39, 0.29) is 16.5 Å². The number of hydrogen-bond acceptors (Lipinski definition) is 4. The lowest BCUT2D eigenvalue weighted by Gasteiger charge is -2.09. The van der Waals surface area contributed by atoms with Crippen LogP contribution in [0.2, 0.25) is 10.0 Å². The molecule has 0 aromatic heterocycles. The molecule has 0 aliphatic heterocycles. The number of phenolic OH excluding ortho intramolecular Hbond substituents is 1. The highest BCUT2D eigenvalue weighted by Gasteiger charge is 2.08. The quantitative estimate of drug-likeness (QED) is 0.645. The smallest absolute Gasteiger partial charge is 0.269 e. The lowest BCUT2D eigenvalue weighted by atomic mass is 10.1. The second kappa shape index (κ2) is 6.76. The van der Waals surface area contributed by atoms with Gasteiger partial charge in [0.05, 0.1) is 9.95 Å². The molecule has 0 atom stereocenters. The third-order valence-electron chi connectivity index (χ3n) is 2.90. The van der Waals surface area contributed by atoms with Crippen LogP contribution in [0.5, 0.6) is 5.75 Å². The first-order chi connectivity index (χ1) is 9.97. The summed E-state index contributed by atoms with van der Waals surface area (Å²) in [5, 5.41) is 24.1. The molecule has 0 aliphatic rings. The summed E-state index contributed by atoms with van der Waals surface area (Å²) < 4.78 is 0. The second-order valence-electron chi connectivity index (χ2n) is 4.42. The highest BCUT2D eigenvalue weighted by atomic mass is 35.5. The van der Waals surface area contributed by atoms with E-state index in [1.807, 2.05) is 0 Å². The highest BCUT2D eigenvalue weighted by molar-refractivity contribution is 6.35. The monoisotopic (exact) mass is 326 g/mol. The van der Waals surface area contributed by atoms with E-state index >= 15 is 0 Å². The number of non-ortho nitro benzene ring substituents is 1. The Kier molecular flexibility index (Phi) is 5.01. The summed E-state index contributed by atoms with van der Waals surface area (Å²) in [5.74, 6) is -0.00253. The SMILES string of the molecule is O=[N+]([O-])c1ccc(CNCc2cc(Cl)cc(Cl)c2O)cc1. The molecule has 0 heterocycles. The zero-order valence-corrected chi connectivity index (χ0v) is 12.4. The van der Waals surface area contributed by atoms with Gasteiger partial charge >= 0.3 is 0 Å². The van der Waals surface area contributed by atoms with Crippen molar-refractivity contribution in [3.05, 3.63) is 67.7 Å². The third kappa shape index (κ3) is 4.07. The van der Waals surface area contributed by atoms with E-state index in [1.54, 1.807) is 18.2 Å². The molecule has 0 unspecified atom stereocenters. The molecule has 2 aromatic rings. The van der Waals surface area contributed by atoms with Crippen LogP contribution in [-0.2, 0) is 13.1 Å². The predicted octanol–water partition coefficient (Wildman–Crippen LogP) is 3.90. The van der Waals surface area contributed by atoms with Gasteiger partial charge in [0.2, 0.25) is 0 Å². The van der Waals surface area contributed by atoms with Crippen LogP contribution in [0.3, 0.4) is 0 Å². The molecule has 5 nitrogen and oxygen atoms in total. The molecule has 2 aromatic carbocycles. The van der Waals surface area contributed by atoms with Crippen LogP contribution >= 0.6 is 23.2 Å². The van der Waals surface area contributed by atoms with Gasteiger partial charge in [-0.2, -0.15) is 0 Å². The fourth-order valence-corrected chi connectivity index (χ4v) is 2.37. The van der Waals surface area contributed by atoms with E-state index in [0.717, 1.165) is 5.56 Å². The average Bonchev–Trinajstić information content (AvgIpc) is 2.44. The molecule has 110 valence electrons. The van der Waals surface area contributed by atoms with Crippen molar-refractivity contribution in [2.75, 3.05) is 0 Å². The second-order valence-corrected chi connectivity index (χ2v) is 5.27. The molecule has 2 rings (SSSR count). The van der Waals surface area contributed by atoms with Gasteiger partial charge in [-0.25, -0.2) is 0 Å². The van der Waals surface area contributed by atoms with E-state index in [4.69, 9.17) is 23.2 Å². The molecule has 2 N–H and O–H groups in total. The van der Waals surface area contributed by atoms with Crippen LogP contribution < -0.4 is 5.32 Å². The van der Waals surface area contributed by atoms with Crippen LogP contribution in [0.25, 0.3) is 0 Å². The Labute approximate surface area is 131 Å². The van der Waals surface area contributed by atoms with Gasteiger partial charge in [0, 0.05) is 35.8 Å². The number of nitro groups is 1. The Morgan fingerprint density at radius 2 is 1.81 bits per heavy atom. The largest absolute Gasteiger partial charge is 0.506 e. The van der Waals surface area contributed by atoms with E-state index < -0.39 is 4.92 Å². The van der Waals surface area contributed by atoms with Crippen LogP contribution in [-0.4, -0.2) is 10.0 Å². The van der Waals surface area contributed by atoms with Gasteiger partial charge in [-0.1, -0.05) is 35.3 Å². The van der Waals surface area contributed by atoms with Gasteiger partial charge in [-0.15, -0.1) is 0 Å².